The van der Waals surface area contributed by atoms with Gasteiger partial charge in [0.25, 0.3) is 5.56 Å². The van der Waals surface area contributed by atoms with Crippen LogP contribution < -0.4 is 67.4 Å². The molecule has 0 radical (unpaired) electrons. The van der Waals surface area contributed by atoms with Crippen LogP contribution in [0.15, 0.2) is 81.0 Å². The van der Waals surface area contributed by atoms with E-state index < -0.39 is 5.76 Å². The van der Waals surface area contributed by atoms with Gasteiger partial charge in [-0.1, -0.05) is 73.1 Å². The van der Waals surface area contributed by atoms with Crippen molar-refractivity contribution in [1.29, 1.82) is 0 Å². The monoisotopic (exact) mass is 577 g/mol. The molecule has 0 saturated heterocycles. The normalized spacial score (nSPS) is 10.8. The molecule has 1 N–H and O–H groups in total. The number of H-pyrrole nitrogens is 1. The molecule has 0 amide bonds. The number of aromatic amines is 1. The van der Waals surface area contributed by atoms with E-state index in [1.165, 1.54) is 0 Å². The van der Waals surface area contributed by atoms with Crippen LogP contribution in [0.1, 0.15) is 49.4 Å². The molecule has 0 atom stereocenters. The second-order valence-corrected chi connectivity index (χ2v) is 9.65. The third-order valence-electron chi connectivity index (χ3n) is 6.92. The summed E-state index contributed by atoms with van der Waals surface area (Å²) >= 11 is 0. The molecule has 9 nitrogen and oxygen atoms in total. The Morgan fingerprint density at radius 1 is 1.00 bits per heavy atom. The van der Waals surface area contributed by atoms with Crippen LogP contribution in [0, 0.1) is 6.92 Å². The van der Waals surface area contributed by atoms with Gasteiger partial charge in [-0.25, -0.2) is 14.8 Å². The molecule has 10 heteroatoms. The van der Waals surface area contributed by atoms with Gasteiger partial charge in [0.2, 0.25) is 5.88 Å². The fourth-order valence-corrected chi connectivity index (χ4v) is 4.77. The van der Waals surface area contributed by atoms with E-state index in [9.17, 15) is 9.59 Å². The summed E-state index contributed by atoms with van der Waals surface area (Å²) in [6, 6.07) is 19.5. The number of ether oxygens (including phenoxy) is 1. The Balaban J connectivity index is 0.00000242. The number of nitrogens with zero attached hydrogens (tertiary/aromatic N) is 4. The van der Waals surface area contributed by atoms with Gasteiger partial charge in [-0.05, 0) is 42.0 Å². The number of hydrogen-bond acceptors (Lipinski definition) is 7. The van der Waals surface area contributed by atoms with Crippen LogP contribution in [0.3, 0.4) is 0 Å². The van der Waals surface area contributed by atoms with E-state index in [1.807, 2.05) is 61.5 Å². The minimum atomic E-state index is -0.598. The first kappa shape index (κ1) is 30.8. The Morgan fingerprint density at radius 3 is 2.37 bits per heavy atom. The molecule has 3 heterocycles. The van der Waals surface area contributed by atoms with Gasteiger partial charge in [-0.15, -0.1) is 0 Å². The molecule has 0 spiro atoms. The van der Waals surface area contributed by atoms with Crippen molar-refractivity contribution in [3.63, 3.8) is 0 Å². The van der Waals surface area contributed by atoms with E-state index >= 15 is 0 Å². The average Bonchev–Trinajstić information content (AvgIpc) is 3.42. The zero-order valence-electron chi connectivity index (χ0n) is 24.8. The fourth-order valence-electron chi connectivity index (χ4n) is 4.77. The van der Waals surface area contributed by atoms with Gasteiger partial charge in [-0.2, -0.15) is 0 Å². The predicted octanol–water partition coefficient (Wildman–Crippen LogP) is 2.06. The SMILES string of the molecule is CCCCc1nc(C)n(Cc2ccc(OC)nc2)c(=O)c1Cc1ccc(-c2ccccc2-c2noc(=O)[nH]2)cc1.[H-].[K+]. The van der Waals surface area contributed by atoms with Crippen LogP contribution in [0.2, 0.25) is 0 Å². The van der Waals surface area contributed by atoms with Crippen LogP contribution in [-0.4, -0.2) is 31.8 Å². The first-order valence-corrected chi connectivity index (χ1v) is 13.3. The number of rotatable bonds is 10. The minimum Gasteiger partial charge on any atom is -1.00 e. The summed E-state index contributed by atoms with van der Waals surface area (Å²) in [7, 11) is 1.58. The Kier molecular flexibility index (Phi) is 10.6. The second-order valence-electron chi connectivity index (χ2n) is 9.65. The van der Waals surface area contributed by atoms with E-state index in [-0.39, 0.29) is 58.4 Å². The third kappa shape index (κ3) is 7.20. The quantitative estimate of drug-likeness (QED) is 0.253. The molecule has 2 aromatic carbocycles. The van der Waals surface area contributed by atoms with Crippen molar-refractivity contribution >= 4 is 0 Å². The standard InChI is InChI=1S/C31H31N5O4.K.H/c1-4-5-10-27-26(30(37)36(20(2)33-27)19-22-13-16-28(39-3)32-18-22)17-21-11-14-23(15-12-21)24-8-6-7-9-25(24)29-34-31(38)40-35-29;;/h6-9,11-16,18H,4-5,10,17,19H2,1-3H3,(H,34,35,38);;/q;+1;-1. The molecule has 0 saturated carbocycles. The maximum Gasteiger partial charge on any atom is 1.00 e. The largest absolute Gasteiger partial charge is 1.00 e. The number of benzene rings is 2. The molecule has 206 valence electrons. The van der Waals surface area contributed by atoms with Gasteiger partial charge >= 0.3 is 57.1 Å². The molecule has 0 aliphatic rings. The Labute approximate surface area is 281 Å². The summed E-state index contributed by atoms with van der Waals surface area (Å²) in [6.07, 6.45) is 4.94. The number of pyridine rings is 1. The van der Waals surface area contributed by atoms with Gasteiger partial charge in [0.1, 0.15) is 5.82 Å². The number of aromatic nitrogens is 5. The van der Waals surface area contributed by atoms with Crippen LogP contribution in [0.25, 0.3) is 22.5 Å². The van der Waals surface area contributed by atoms with Gasteiger partial charge in [-0.3, -0.25) is 18.9 Å². The van der Waals surface area contributed by atoms with Crippen molar-refractivity contribution in [1.82, 2.24) is 24.7 Å². The molecule has 5 rings (SSSR count). The topological polar surface area (TPSA) is 116 Å². The molecule has 5 aromatic rings. The predicted molar refractivity (Wildman–Crippen MR) is 154 cm³/mol. The zero-order chi connectivity index (χ0) is 28.1. The zero-order valence-corrected chi connectivity index (χ0v) is 26.9. The number of hydrogen-bond donors (Lipinski definition) is 1. The second kappa shape index (κ2) is 14.1. The van der Waals surface area contributed by atoms with Gasteiger partial charge in [0, 0.05) is 29.8 Å². The van der Waals surface area contributed by atoms with Crippen molar-refractivity contribution in [3.8, 4) is 28.4 Å². The van der Waals surface area contributed by atoms with E-state index in [0.717, 1.165) is 52.8 Å². The summed E-state index contributed by atoms with van der Waals surface area (Å²) in [4.78, 5) is 37.1. The van der Waals surface area contributed by atoms with Gasteiger partial charge in [0.05, 0.1) is 19.3 Å². The molecule has 0 unspecified atom stereocenters. The summed E-state index contributed by atoms with van der Waals surface area (Å²) in [6.45, 7) is 4.40. The van der Waals surface area contributed by atoms with Crippen molar-refractivity contribution in [3.05, 3.63) is 116 Å². The van der Waals surface area contributed by atoms with E-state index in [4.69, 9.17) is 14.2 Å². The van der Waals surface area contributed by atoms with E-state index in [0.29, 0.717) is 36.1 Å². The maximum absolute atomic E-state index is 13.8. The Bertz CT molecular complexity index is 1730. The van der Waals surface area contributed by atoms with E-state index in [1.54, 1.807) is 23.9 Å². The molecular weight excluding hydrogens is 545 g/mol. The van der Waals surface area contributed by atoms with Crippen molar-refractivity contribution in [2.24, 2.45) is 0 Å². The van der Waals surface area contributed by atoms with Crippen LogP contribution in [0.5, 0.6) is 5.88 Å². The number of unbranched alkanes of at least 4 members (excludes halogenated alkanes) is 1. The number of aryl methyl sites for hydroxylation is 2. The minimum absolute atomic E-state index is 0. The molecule has 0 aliphatic heterocycles. The molecular formula is C31H32KN5O4. The third-order valence-corrected chi connectivity index (χ3v) is 6.92. The molecule has 0 aliphatic carbocycles. The fraction of sp³-hybridized carbons (Fsp3) is 0.258. The average molecular weight is 578 g/mol. The van der Waals surface area contributed by atoms with E-state index in [2.05, 4.69) is 22.0 Å². The summed E-state index contributed by atoms with van der Waals surface area (Å²) < 4.78 is 11.6. The van der Waals surface area contributed by atoms with Gasteiger partial charge in [0.15, 0.2) is 5.82 Å². The van der Waals surface area contributed by atoms with Crippen molar-refractivity contribution in [2.75, 3.05) is 7.11 Å². The summed E-state index contributed by atoms with van der Waals surface area (Å²) in [5, 5.41) is 3.85. The van der Waals surface area contributed by atoms with Crippen molar-refractivity contribution in [2.45, 2.75) is 46.1 Å². The summed E-state index contributed by atoms with van der Waals surface area (Å²) in [5.41, 5.74) is 6.09. The van der Waals surface area contributed by atoms with Crippen molar-refractivity contribution < 1.29 is 62.1 Å². The molecule has 41 heavy (non-hydrogen) atoms. The summed E-state index contributed by atoms with van der Waals surface area (Å²) in [5.74, 6) is 0.999. The van der Waals surface area contributed by atoms with Crippen LogP contribution in [-0.2, 0) is 19.4 Å². The molecule has 3 aromatic heterocycles. The first-order chi connectivity index (χ1) is 19.5. The smallest absolute Gasteiger partial charge is 1.00 e. The number of methoxy groups -OCH3 is 1. The van der Waals surface area contributed by atoms with Crippen LogP contribution in [0.4, 0.5) is 0 Å². The Morgan fingerprint density at radius 2 is 1.73 bits per heavy atom. The Hall–Kier alpha value is -3.15. The first-order valence-electron chi connectivity index (χ1n) is 13.3. The molecule has 0 bridgehead atoms. The maximum atomic E-state index is 13.8. The van der Waals surface area contributed by atoms with Gasteiger partial charge < -0.3 is 6.16 Å². The van der Waals surface area contributed by atoms with Crippen LogP contribution >= 0.6 is 0 Å². The number of nitrogens with one attached hydrogen (secondary N) is 1. The molecule has 0 fully saturated rings.